The van der Waals surface area contributed by atoms with Crippen molar-refractivity contribution < 1.29 is 30.5 Å². The molecule has 0 saturated carbocycles. The zero-order chi connectivity index (χ0) is 19.2. The Morgan fingerprint density at radius 3 is 2.79 bits per heavy atom. The highest BCUT2D eigenvalue weighted by molar-refractivity contribution is 6.35. The Bertz CT molecular complexity index is 557. The van der Waals surface area contributed by atoms with Crippen molar-refractivity contribution in [3.8, 4) is 0 Å². The van der Waals surface area contributed by atoms with Crippen LogP contribution < -0.4 is 16.5 Å². The first kappa shape index (κ1) is 18.7. The summed E-state index contributed by atoms with van der Waals surface area (Å²) in [7, 11) is 0. The number of rotatable bonds is 10. The lowest BCUT2D eigenvalue weighted by molar-refractivity contribution is -0.164. The Morgan fingerprint density at radius 2 is 2.29 bits per heavy atom. The van der Waals surface area contributed by atoms with Crippen LogP contribution in [-0.4, -0.2) is 53.2 Å². The molecule has 136 valence electrons. The first-order chi connectivity index (χ1) is 11.6. The van der Waals surface area contributed by atoms with Crippen molar-refractivity contribution in [2.45, 2.75) is 51.0 Å². The fourth-order valence-electron chi connectivity index (χ4n) is 1.87. The SMILES string of the molecule is [2H]N[C@@H](C)C(=O)C(=O)OC(C)(C)CN[C@@H](CC1C=C(Cl)NO1)C(=O)O. The van der Waals surface area contributed by atoms with Crippen LogP contribution in [0.1, 0.15) is 27.2 Å². The zero-order valence-corrected chi connectivity index (χ0v) is 14.3. The average Bonchev–Trinajstić information content (AvgIpc) is 2.94. The molecule has 0 aromatic carbocycles. The van der Waals surface area contributed by atoms with Gasteiger partial charge in [0.25, 0.3) is 5.78 Å². The van der Waals surface area contributed by atoms with Crippen molar-refractivity contribution in [2.75, 3.05) is 6.54 Å². The molecule has 0 aromatic heterocycles. The Kier molecular flexibility index (Phi) is 6.55. The number of hydroxylamine groups is 1. The summed E-state index contributed by atoms with van der Waals surface area (Å²) in [6, 6.07) is -1.97. The predicted molar refractivity (Wildman–Crippen MR) is 84.8 cm³/mol. The smallest absolute Gasteiger partial charge is 0.376 e. The highest BCUT2D eigenvalue weighted by Gasteiger charge is 2.31. The standard InChI is InChI=1S/C14H22ClN3O6/c1-7(16)11(19)13(22)23-14(2,3)6-17-9(12(20)21)4-8-5-10(15)18-24-8/h5,7-9,17-18H,4,6,16H2,1-3H3,(H,20,21)/t7-,8?,9-/m0/s1/i/hD. The normalized spacial score (nSPS) is 20.4. The van der Waals surface area contributed by atoms with Crippen LogP contribution in [0.15, 0.2) is 11.2 Å². The molecule has 5 N–H and O–H groups in total. The molecule has 0 aromatic rings. The molecule has 9 nitrogen and oxygen atoms in total. The van der Waals surface area contributed by atoms with Crippen molar-refractivity contribution in [3.05, 3.63) is 11.2 Å². The lowest BCUT2D eigenvalue weighted by Gasteiger charge is -2.27. The van der Waals surface area contributed by atoms with E-state index in [9.17, 15) is 19.5 Å². The number of aliphatic carboxylic acids is 1. The van der Waals surface area contributed by atoms with E-state index in [0.717, 1.165) is 0 Å². The summed E-state index contributed by atoms with van der Waals surface area (Å²) >= 11 is 5.69. The van der Waals surface area contributed by atoms with Crippen LogP contribution in [0.3, 0.4) is 0 Å². The highest BCUT2D eigenvalue weighted by atomic mass is 35.5. The lowest BCUT2D eigenvalue weighted by atomic mass is 10.1. The number of ketones is 1. The van der Waals surface area contributed by atoms with Gasteiger partial charge in [-0.05, 0) is 26.8 Å². The molecule has 1 heterocycles. The van der Waals surface area contributed by atoms with Gasteiger partial charge in [0.05, 0.1) is 6.04 Å². The van der Waals surface area contributed by atoms with E-state index >= 15 is 0 Å². The molecule has 1 unspecified atom stereocenters. The molecule has 3 atom stereocenters. The summed E-state index contributed by atoms with van der Waals surface area (Å²) in [6.07, 6.45) is 1.12. The molecule has 24 heavy (non-hydrogen) atoms. The van der Waals surface area contributed by atoms with Gasteiger partial charge in [-0.3, -0.25) is 19.9 Å². The van der Waals surface area contributed by atoms with E-state index in [-0.39, 0.29) is 18.1 Å². The van der Waals surface area contributed by atoms with E-state index in [4.69, 9.17) is 22.6 Å². The van der Waals surface area contributed by atoms with Gasteiger partial charge >= 0.3 is 11.9 Å². The molecule has 0 spiro atoms. The Labute approximate surface area is 145 Å². The number of nitrogens with two attached hydrogens (primary N) is 1. The number of carbonyl (C=O) groups is 3. The minimum Gasteiger partial charge on any atom is -0.480 e. The zero-order valence-electron chi connectivity index (χ0n) is 14.6. The first-order valence-electron chi connectivity index (χ1n) is 7.75. The van der Waals surface area contributed by atoms with Gasteiger partial charge in [0.1, 0.15) is 24.3 Å². The number of hydrogen-bond donors (Lipinski definition) is 4. The summed E-state index contributed by atoms with van der Waals surface area (Å²) in [5.74, 6) is -3.09. The van der Waals surface area contributed by atoms with Crippen molar-refractivity contribution in [1.82, 2.24) is 10.8 Å². The van der Waals surface area contributed by atoms with E-state index < -0.39 is 41.5 Å². The molecule has 0 aliphatic carbocycles. The van der Waals surface area contributed by atoms with Gasteiger partial charge in [-0.25, -0.2) is 4.79 Å². The number of carboxylic acid groups (broad SMARTS) is 1. The van der Waals surface area contributed by atoms with Crippen LogP contribution in [0.2, 0.25) is 1.41 Å². The molecule has 1 aliphatic rings. The second kappa shape index (κ2) is 8.43. The van der Waals surface area contributed by atoms with Gasteiger partial charge in [0.2, 0.25) is 0 Å². The third kappa shape index (κ3) is 6.44. The van der Waals surface area contributed by atoms with Gasteiger partial charge in [0.15, 0.2) is 0 Å². The molecule has 10 heteroatoms. The molecular formula is C14H22ClN3O6. The van der Waals surface area contributed by atoms with Crippen LogP contribution in [-0.2, 0) is 24.0 Å². The number of ether oxygens (including phenoxy) is 1. The predicted octanol–water partition coefficient (Wildman–Crippen LogP) is -0.359. The van der Waals surface area contributed by atoms with E-state index in [0.29, 0.717) is 0 Å². The summed E-state index contributed by atoms with van der Waals surface area (Å²) in [4.78, 5) is 39.8. The van der Waals surface area contributed by atoms with Crippen molar-refractivity contribution in [2.24, 2.45) is 5.73 Å². The highest BCUT2D eigenvalue weighted by Crippen LogP contribution is 2.16. The summed E-state index contributed by atoms with van der Waals surface area (Å²) in [5.41, 5.74) is 3.19. The van der Waals surface area contributed by atoms with Gasteiger partial charge in [0, 0.05) is 13.0 Å². The second-order valence-corrected chi connectivity index (χ2v) is 6.42. The van der Waals surface area contributed by atoms with Crippen LogP contribution in [0.5, 0.6) is 0 Å². The van der Waals surface area contributed by atoms with Crippen LogP contribution in [0.4, 0.5) is 0 Å². The fourth-order valence-corrected chi connectivity index (χ4v) is 2.05. The summed E-state index contributed by atoms with van der Waals surface area (Å²) in [5, 5.41) is 12.3. The van der Waals surface area contributed by atoms with E-state index in [1.165, 1.54) is 26.8 Å². The van der Waals surface area contributed by atoms with Crippen molar-refractivity contribution in [3.63, 3.8) is 0 Å². The van der Waals surface area contributed by atoms with E-state index in [1.807, 2.05) is 5.73 Å². The minimum absolute atomic E-state index is 0.0106. The fraction of sp³-hybridized carbons (Fsp3) is 0.643. The minimum atomic E-state index is -1.13. The van der Waals surface area contributed by atoms with Gasteiger partial charge < -0.3 is 20.9 Å². The number of esters is 1. The largest absolute Gasteiger partial charge is 0.480 e. The van der Waals surface area contributed by atoms with Crippen molar-refractivity contribution >= 4 is 29.3 Å². The Balaban J connectivity index is 2.57. The number of hydrogen-bond acceptors (Lipinski definition) is 8. The van der Waals surface area contributed by atoms with Crippen LogP contribution in [0, 0.1) is 0 Å². The monoisotopic (exact) mass is 364 g/mol. The molecule has 0 amide bonds. The quantitative estimate of drug-likeness (QED) is 0.232. The second-order valence-electron chi connectivity index (χ2n) is 6.02. The van der Waals surface area contributed by atoms with Gasteiger partial charge in [-0.1, -0.05) is 11.6 Å². The number of carboxylic acids is 1. The Hall–Kier alpha value is -1.68. The first-order valence-corrected chi connectivity index (χ1v) is 7.63. The molecule has 0 bridgehead atoms. The summed E-state index contributed by atoms with van der Waals surface area (Å²) < 4.78 is 12.0. The number of nitrogens with one attached hydrogen (secondary N) is 2. The molecule has 0 saturated heterocycles. The molecular weight excluding hydrogens is 342 g/mol. The topological polar surface area (TPSA) is 140 Å². The van der Waals surface area contributed by atoms with Gasteiger partial charge in [-0.15, -0.1) is 0 Å². The average molecular weight is 365 g/mol. The third-order valence-corrected chi connectivity index (χ3v) is 3.35. The van der Waals surface area contributed by atoms with Crippen molar-refractivity contribution in [1.29, 1.82) is 0 Å². The van der Waals surface area contributed by atoms with Crippen LogP contribution in [0.25, 0.3) is 0 Å². The maximum absolute atomic E-state index is 11.8. The third-order valence-electron chi connectivity index (χ3n) is 3.14. The molecule has 0 fully saturated rings. The maximum Gasteiger partial charge on any atom is 0.376 e. The lowest BCUT2D eigenvalue weighted by Crippen LogP contribution is -2.49. The Morgan fingerprint density at radius 1 is 1.62 bits per heavy atom. The number of Topliss-reactive ketones (excluding diaryl/α,β-unsaturated/α-hetero) is 1. The van der Waals surface area contributed by atoms with Gasteiger partial charge in [-0.2, -0.15) is 0 Å². The molecule has 0 radical (unpaired) electrons. The molecule has 1 rings (SSSR count). The number of halogens is 1. The maximum atomic E-state index is 11.8. The van der Waals surface area contributed by atoms with E-state index in [2.05, 4.69) is 10.8 Å². The molecule has 1 aliphatic heterocycles. The van der Waals surface area contributed by atoms with Crippen LogP contribution >= 0.6 is 11.6 Å². The number of carbonyl (C=O) groups excluding carboxylic acids is 2. The van der Waals surface area contributed by atoms with E-state index in [1.54, 1.807) is 0 Å². The summed E-state index contributed by atoms with van der Waals surface area (Å²) in [6.45, 7) is 4.42.